The molecule has 0 fully saturated rings. The van der Waals surface area contributed by atoms with E-state index in [2.05, 4.69) is 10.3 Å². The van der Waals surface area contributed by atoms with E-state index >= 15 is 0 Å². The smallest absolute Gasteiger partial charge is 0.316 e. The Morgan fingerprint density at radius 1 is 1.12 bits per heavy atom. The van der Waals surface area contributed by atoms with Gasteiger partial charge in [0, 0.05) is 10.6 Å². The maximum atomic E-state index is 12.8. The number of hydrogen-bond acceptors (Lipinski definition) is 3. The molecule has 0 spiro atoms. The van der Waals surface area contributed by atoms with Crippen LogP contribution in [0.2, 0.25) is 5.02 Å². The first-order chi connectivity index (χ1) is 11.4. The van der Waals surface area contributed by atoms with E-state index in [0.717, 1.165) is 36.9 Å². The molecule has 0 amide bonds. The van der Waals surface area contributed by atoms with E-state index in [1.54, 1.807) is 6.07 Å². The molecule has 1 aromatic heterocycles. The number of pyridine rings is 1. The second-order valence-electron chi connectivity index (χ2n) is 5.56. The molecule has 0 saturated carbocycles. The third kappa shape index (κ3) is 4.05. The summed E-state index contributed by atoms with van der Waals surface area (Å²) in [5, 5.41) is 3.99. The van der Waals surface area contributed by atoms with Crippen LogP contribution >= 0.6 is 23.4 Å². The van der Waals surface area contributed by atoms with Gasteiger partial charge >= 0.3 is 6.18 Å². The average molecular weight is 373 g/mol. The summed E-state index contributed by atoms with van der Waals surface area (Å²) in [6.45, 7) is 1.80. The summed E-state index contributed by atoms with van der Waals surface area (Å²) in [5.74, 6) is 0.355. The third-order valence-corrected chi connectivity index (χ3v) is 5.52. The highest BCUT2D eigenvalue weighted by molar-refractivity contribution is 7.98. The van der Waals surface area contributed by atoms with Crippen LogP contribution in [0.4, 0.5) is 13.2 Å². The molecule has 1 N–H and O–H groups in total. The zero-order valence-corrected chi connectivity index (χ0v) is 14.4. The molecule has 1 aliphatic rings. The summed E-state index contributed by atoms with van der Waals surface area (Å²) < 4.78 is 38.3. The fraction of sp³-hybridized carbons (Fsp3) is 0.353. The normalized spacial score (nSPS) is 15.0. The summed E-state index contributed by atoms with van der Waals surface area (Å²) >= 11 is 7.80. The van der Waals surface area contributed by atoms with Gasteiger partial charge in [0.1, 0.15) is 5.69 Å². The minimum Gasteiger partial charge on any atom is -0.316 e. The van der Waals surface area contributed by atoms with Gasteiger partial charge in [0.05, 0.1) is 10.7 Å². The van der Waals surface area contributed by atoms with Crippen molar-refractivity contribution in [2.75, 3.05) is 13.1 Å². The second kappa shape index (κ2) is 7.33. The largest absolute Gasteiger partial charge is 0.433 e. The topological polar surface area (TPSA) is 24.9 Å². The van der Waals surface area contributed by atoms with Gasteiger partial charge in [-0.2, -0.15) is 13.2 Å². The number of fused-ring (bicyclic) bond motifs is 1. The van der Waals surface area contributed by atoms with Crippen molar-refractivity contribution in [3.63, 3.8) is 0 Å². The van der Waals surface area contributed by atoms with E-state index < -0.39 is 11.9 Å². The van der Waals surface area contributed by atoms with Gasteiger partial charge in [0.25, 0.3) is 0 Å². The lowest BCUT2D eigenvalue weighted by atomic mass is 10.0. The Kier molecular flexibility index (Phi) is 5.37. The molecular formula is C17H16ClF3N2S. The van der Waals surface area contributed by atoms with Crippen molar-refractivity contribution >= 4 is 23.4 Å². The average Bonchev–Trinajstić information content (AvgIpc) is 2.79. The van der Waals surface area contributed by atoms with Gasteiger partial charge in [-0.05, 0) is 55.3 Å². The molecule has 0 saturated heterocycles. The Hall–Kier alpha value is -1.24. The van der Waals surface area contributed by atoms with Crippen LogP contribution in [0.5, 0.6) is 0 Å². The van der Waals surface area contributed by atoms with Gasteiger partial charge in [0.2, 0.25) is 0 Å². The molecule has 7 heteroatoms. The monoisotopic (exact) mass is 372 g/mol. The van der Waals surface area contributed by atoms with Crippen LogP contribution in [0.1, 0.15) is 22.5 Å². The predicted molar refractivity (Wildman–Crippen MR) is 90.5 cm³/mol. The van der Waals surface area contributed by atoms with Crippen molar-refractivity contribution in [1.29, 1.82) is 0 Å². The molecule has 1 aliphatic heterocycles. The number of nitrogens with one attached hydrogen (secondary N) is 1. The summed E-state index contributed by atoms with van der Waals surface area (Å²) in [7, 11) is 0. The minimum absolute atomic E-state index is 0.355. The van der Waals surface area contributed by atoms with E-state index in [9.17, 15) is 13.2 Å². The fourth-order valence-corrected chi connectivity index (χ4v) is 4.14. The van der Waals surface area contributed by atoms with Crippen LogP contribution in [-0.4, -0.2) is 18.1 Å². The van der Waals surface area contributed by atoms with Crippen molar-refractivity contribution in [3.8, 4) is 0 Å². The van der Waals surface area contributed by atoms with Gasteiger partial charge in [-0.3, -0.25) is 0 Å². The molecule has 3 rings (SSSR count). The van der Waals surface area contributed by atoms with Gasteiger partial charge < -0.3 is 5.32 Å². The lowest BCUT2D eigenvalue weighted by Crippen LogP contribution is -2.16. The Morgan fingerprint density at radius 2 is 1.92 bits per heavy atom. The first-order valence-electron chi connectivity index (χ1n) is 7.62. The van der Waals surface area contributed by atoms with Gasteiger partial charge in [0.15, 0.2) is 0 Å². The molecular weight excluding hydrogens is 357 g/mol. The molecule has 0 unspecified atom stereocenters. The zero-order chi connectivity index (χ0) is 17.2. The predicted octanol–water partition coefficient (Wildman–Crippen LogP) is 4.73. The maximum absolute atomic E-state index is 12.8. The summed E-state index contributed by atoms with van der Waals surface area (Å²) in [6.07, 6.45) is -2.62. The number of thioether (sulfide) groups is 1. The number of hydrogen-bond donors (Lipinski definition) is 1. The third-order valence-electron chi connectivity index (χ3n) is 3.89. The molecule has 0 atom stereocenters. The Labute approximate surface area is 147 Å². The van der Waals surface area contributed by atoms with E-state index in [4.69, 9.17) is 11.6 Å². The molecule has 2 aromatic rings. The highest BCUT2D eigenvalue weighted by atomic mass is 35.5. The van der Waals surface area contributed by atoms with Gasteiger partial charge in [-0.25, -0.2) is 4.98 Å². The quantitative estimate of drug-likeness (QED) is 0.788. The van der Waals surface area contributed by atoms with Crippen LogP contribution in [0, 0.1) is 0 Å². The SMILES string of the molecule is FC(F)(F)c1cccc(CSc2c(Cl)ccc3c2CCNCC3)n1. The molecule has 0 bridgehead atoms. The molecule has 24 heavy (non-hydrogen) atoms. The van der Waals surface area contributed by atoms with Crippen molar-refractivity contribution in [2.24, 2.45) is 0 Å². The Morgan fingerprint density at radius 3 is 2.71 bits per heavy atom. The Balaban J connectivity index is 1.82. The Bertz CT molecular complexity index is 734. The molecule has 2 heterocycles. The first kappa shape index (κ1) is 17.6. The fourth-order valence-electron chi connectivity index (χ4n) is 2.73. The summed E-state index contributed by atoms with van der Waals surface area (Å²) in [6, 6.07) is 7.90. The number of aromatic nitrogens is 1. The molecule has 2 nitrogen and oxygen atoms in total. The lowest BCUT2D eigenvalue weighted by Gasteiger charge is -2.14. The van der Waals surface area contributed by atoms with Gasteiger partial charge in [-0.1, -0.05) is 23.7 Å². The highest BCUT2D eigenvalue weighted by Crippen LogP contribution is 2.36. The van der Waals surface area contributed by atoms with Crippen molar-refractivity contribution in [3.05, 3.63) is 57.9 Å². The number of nitrogens with zero attached hydrogens (tertiary/aromatic N) is 1. The number of rotatable bonds is 3. The first-order valence-corrected chi connectivity index (χ1v) is 8.98. The summed E-state index contributed by atoms with van der Waals surface area (Å²) in [5.41, 5.74) is 1.99. The van der Waals surface area contributed by atoms with Crippen molar-refractivity contribution < 1.29 is 13.2 Å². The standard InChI is InChI=1S/C17H16ClF3N2S/c18-14-5-4-11-6-8-22-9-7-13(11)16(14)24-10-12-2-1-3-15(23-12)17(19,20)21/h1-5,22H,6-10H2. The molecule has 0 aliphatic carbocycles. The molecule has 0 radical (unpaired) electrons. The van der Waals surface area contributed by atoms with Crippen LogP contribution < -0.4 is 5.32 Å². The van der Waals surface area contributed by atoms with E-state index in [0.29, 0.717) is 16.5 Å². The maximum Gasteiger partial charge on any atom is 0.433 e. The minimum atomic E-state index is -4.42. The van der Waals surface area contributed by atoms with Crippen molar-refractivity contribution in [2.45, 2.75) is 29.7 Å². The van der Waals surface area contributed by atoms with E-state index in [-0.39, 0.29) is 0 Å². The molecule has 1 aromatic carbocycles. The van der Waals surface area contributed by atoms with Crippen LogP contribution in [0.3, 0.4) is 0 Å². The van der Waals surface area contributed by atoms with E-state index in [1.807, 2.05) is 12.1 Å². The zero-order valence-electron chi connectivity index (χ0n) is 12.8. The lowest BCUT2D eigenvalue weighted by molar-refractivity contribution is -0.141. The summed E-state index contributed by atoms with van der Waals surface area (Å²) in [4.78, 5) is 4.67. The second-order valence-corrected chi connectivity index (χ2v) is 6.96. The molecule has 128 valence electrons. The number of halogens is 4. The van der Waals surface area contributed by atoms with Crippen LogP contribution in [0.15, 0.2) is 35.2 Å². The van der Waals surface area contributed by atoms with E-state index in [1.165, 1.54) is 29.0 Å². The number of alkyl halides is 3. The highest BCUT2D eigenvalue weighted by Gasteiger charge is 2.32. The van der Waals surface area contributed by atoms with Crippen molar-refractivity contribution in [1.82, 2.24) is 10.3 Å². The van der Waals surface area contributed by atoms with Crippen LogP contribution in [-0.2, 0) is 24.8 Å². The van der Waals surface area contributed by atoms with Gasteiger partial charge in [-0.15, -0.1) is 11.8 Å². The van der Waals surface area contributed by atoms with Crippen LogP contribution in [0.25, 0.3) is 0 Å². The number of benzene rings is 1.